The summed E-state index contributed by atoms with van der Waals surface area (Å²) in [6.45, 7) is 4.11. The average Bonchev–Trinajstić information content (AvgIpc) is 2.56. The summed E-state index contributed by atoms with van der Waals surface area (Å²) in [6, 6.07) is 14.5. The highest BCUT2D eigenvalue weighted by molar-refractivity contribution is 5.49. The fourth-order valence-corrected chi connectivity index (χ4v) is 2.68. The molecular weight excluding hydrogens is 265 g/mol. The van der Waals surface area contributed by atoms with E-state index in [4.69, 9.17) is 5.73 Å². The second-order valence-electron chi connectivity index (χ2n) is 5.36. The van der Waals surface area contributed by atoms with Crippen LogP contribution in [-0.4, -0.2) is 26.2 Å². The number of nitrogens with two attached hydrogens (primary N) is 1. The van der Waals surface area contributed by atoms with Gasteiger partial charge in [0.15, 0.2) is 0 Å². The van der Waals surface area contributed by atoms with Crippen LogP contribution in [0.15, 0.2) is 48.5 Å². The predicted octanol–water partition coefficient (Wildman–Crippen LogP) is 2.28. The Kier molecular flexibility index (Phi) is 4.18. The fourth-order valence-electron chi connectivity index (χ4n) is 2.68. The largest absolute Gasteiger partial charge is 0.369 e. The summed E-state index contributed by atoms with van der Waals surface area (Å²) in [5.41, 5.74) is 9.44. The van der Waals surface area contributed by atoms with Crippen LogP contribution in [0, 0.1) is 5.82 Å². The molecular formula is C17H20FN3. The molecule has 0 aromatic heterocycles. The molecule has 0 saturated carbocycles. The SMILES string of the molecule is NC(c1ccc(F)cc1)c1ccc(N2CCNCC2)cc1. The number of nitrogens with zero attached hydrogens (tertiary/aromatic N) is 1. The van der Waals surface area contributed by atoms with Gasteiger partial charge in [-0.15, -0.1) is 0 Å². The number of hydrogen-bond donors (Lipinski definition) is 2. The molecule has 2 aromatic carbocycles. The van der Waals surface area contributed by atoms with Crippen molar-refractivity contribution in [1.82, 2.24) is 5.32 Å². The molecule has 3 nitrogen and oxygen atoms in total. The fraction of sp³-hybridized carbons (Fsp3) is 0.294. The van der Waals surface area contributed by atoms with E-state index in [9.17, 15) is 4.39 Å². The van der Waals surface area contributed by atoms with E-state index in [-0.39, 0.29) is 11.9 Å². The van der Waals surface area contributed by atoms with E-state index in [0.29, 0.717) is 0 Å². The van der Waals surface area contributed by atoms with Crippen molar-refractivity contribution in [2.75, 3.05) is 31.1 Å². The maximum absolute atomic E-state index is 13.0. The van der Waals surface area contributed by atoms with Gasteiger partial charge in [0.05, 0.1) is 6.04 Å². The molecule has 1 atom stereocenters. The summed E-state index contributed by atoms with van der Waals surface area (Å²) in [5.74, 6) is -0.236. The van der Waals surface area contributed by atoms with Crippen LogP contribution < -0.4 is 16.0 Å². The van der Waals surface area contributed by atoms with E-state index in [1.54, 1.807) is 12.1 Å². The highest BCUT2D eigenvalue weighted by atomic mass is 19.1. The molecule has 1 aliphatic heterocycles. The van der Waals surface area contributed by atoms with Gasteiger partial charge in [0, 0.05) is 31.9 Å². The van der Waals surface area contributed by atoms with Crippen LogP contribution in [0.25, 0.3) is 0 Å². The van der Waals surface area contributed by atoms with Gasteiger partial charge in [-0.2, -0.15) is 0 Å². The lowest BCUT2D eigenvalue weighted by Gasteiger charge is -2.29. The van der Waals surface area contributed by atoms with Gasteiger partial charge in [-0.05, 0) is 35.4 Å². The summed E-state index contributed by atoms with van der Waals surface area (Å²) >= 11 is 0. The Balaban J connectivity index is 1.75. The van der Waals surface area contributed by atoms with E-state index < -0.39 is 0 Å². The topological polar surface area (TPSA) is 41.3 Å². The number of anilines is 1. The maximum atomic E-state index is 13.0. The lowest BCUT2D eigenvalue weighted by molar-refractivity contribution is 0.589. The van der Waals surface area contributed by atoms with Crippen LogP contribution in [0.4, 0.5) is 10.1 Å². The summed E-state index contributed by atoms with van der Waals surface area (Å²) < 4.78 is 13.0. The van der Waals surface area contributed by atoms with Gasteiger partial charge in [-0.1, -0.05) is 24.3 Å². The van der Waals surface area contributed by atoms with Crippen molar-refractivity contribution >= 4 is 5.69 Å². The molecule has 3 N–H and O–H groups in total. The number of rotatable bonds is 3. The minimum Gasteiger partial charge on any atom is -0.369 e. The molecule has 0 bridgehead atoms. The Bertz CT molecular complexity index is 574. The Morgan fingerprint density at radius 1 is 0.905 bits per heavy atom. The first kappa shape index (κ1) is 14.0. The zero-order valence-corrected chi connectivity index (χ0v) is 11.9. The summed E-state index contributed by atoms with van der Waals surface area (Å²) in [4.78, 5) is 2.36. The van der Waals surface area contributed by atoms with Crippen LogP contribution in [-0.2, 0) is 0 Å². The Morgan fingerprint density at radius 2 is 1.43 bits per heavy atom. The molecule has 0 radical (unpaired) electrons. The predicted molar refractivity (Wildman–Crippen MR) is 84.0 cm³/mol. The van der Waals surface area contributed by atoms with E-state index in [2.05, 4.69) is 34.5 Å². The van der Waals surface area contributed by atoms with Crippen LogP contribution in [0.1, 0.15) is 17.2 Å². The number of halogens is 1. The minimum absolute atomic E-state index is 0.220. The van der Waals surface area contributed by atoms with Crippen molar-refractivity contribution in [1.29, 1.82) is 0 Å². The third-order valence-electron chi connectivity index (χ3n) is 3.96. The minimum atomic E-state index is -0.236. The zero-order valence-electron chi connectivity index (χ0n) is 11.9. The first-order valence-corrected chi connectivity index (χ1v) is 7.31. The monoisotopic (exact) mass is 285 g/mol. The first-order chi connectivity index (χ1) is 10.2. The van der Waals surface area contributed by atoms with Crippen LogP contribution in [0.5, 0.6) is 0 Å². The Hall–Kier alpha value is -1.91. The zero-order chi connectivity index (χ0) is 14.7. The normalized spacial score (nSPS) is 16.8. The first-order valence-electron chi connectivity index (χ1n) is 7.31. The lowest BCUT2D eigenvalue weighted by atomic mass is 9.99. The molecule has 3 rings (SSSR count). The molecule has 0 amide bonds. The number of benzene rings is 2. The molecule has 0 aliphatic carbocycles. The van der Waals surface area contributed by atoms with Crippen molar-refractivity contribution < 1.29 is 4.39 Å². The molecule has 1 saturated heterocycles. The van der Waals surface area contributed by atoms with Gasteiger partial charge in [0.2, 0.25) is 0 Å². The summed E-state index contributed by atoms with van der Waals surface area (Å²) in [6.07, 6.45) is 0. The molecule has 4 heteroatoms. The molecule has 1 aliphatic rings. The lowest BCUT2D eigenvalue weighted by Crippen LogP contribution is -2.43. The van der Waals surface area contributed by atoms with E-state index in [1.165, 1.54) is 17.8 Å². The molecule has 21 heavy (non-hydrogen) atoms. The maximum Gasteiger partial charge on any atom is 0.123 e. The van der Waals surface area contributed by atoms with Crippen molar-refractivity contribution in [2.24, 2.45) is 5.73 Å². The van der Waals surface area contributed by atoms with Crippen LogP contribution in [0.2, 0.25) is 0 Å². The smallest absolute Gasteiger partial charge is 0.123 e. The van der Waals surface area contributed by atoms with Crippen LogP contribution in [0.3, 0.4) is 0 Å². The molecule has 1 fully saturated rings. The van der Waals surface area contributed by atoms with Gasteiger partial charge >= 0.3 is 0 Å². The Labute approximate surface area is 124 Å². The number of nitrogens with one attached hydrogen (secondary N) is 1. The van der Waals surface area contributed by atoms with E-state index in [1.807, 2.05) is 0 Å². The van der Waals surface area contributed by atoms with Gasteiger partial charge < -0.3 is 16.0 Å². The average molecular weight is 285 g/mol. The summed E-state index contributed by atoms with van der Waals surface area (Å²) in [5, 5.41) is 3.35. The standard InChI is InChI=1S/C17H20FN3/c18-15-5-1-13(2-6-15)17(19)14-3-7-16(8-4-14)21-11-9-20-10-12-21/h1-8,17,20H,9-12,19H2. The molecule has 1 unspecified atom stereocenters. The third-order valence-corrected chi connectivity index (χ3v) is 3.96. The van der Waals surface area contributed by atoms with Crippen molar-refractivity contribution in [3.63, 3.8) is 0 Å². The molecule has 0 spiro atoms. The third kappa shape index (κ3) is 3.23. The van der Waals surface area contributed by atoms with Crippen molar-refractivity contribution in [3.8, 4) is 0 Å². The quantitative estimate of drug-likeness (QED) is 0.909. The van der Waals surface area contributed by atoms with Crippen molar-refractivity contribution in [2.45, 2.75) is 6.04 Å². The van der Waals surface area contributed by atoms with Crippen LogP contribution >= 0.6 is 0 Å². The van der Waals surface area contributed by atoms with Gasteiger partial charge in [-0.3, -0.25) is 0 Å². The number of hydrogen-bond acceptors (Lipinski definition) is 3. The van der Waals surface area contributed by atoms with E-state index >= 15 is 0 Å². The number of piperazine rings is 1. The summed E-state index contributed by atoms with van der Waals surface area (Å²) in [7, 11) is 0. The van der Waals surface area contributed by atoms with E-state index in [0.717, 1.165) is 37.3 Å². The molecule has 1 heterocycles. The molecule has 110 valence electrons. The highest BCUT2D eigenvalue weighted by Gasteiger charge is 2.12. The second kappa shape index (κ2) is 6.24. The second-order valence-corrected chi connectivity index (χ2v) is 5.36. The highest BCUT2D eigenvalue weighted by Crippen LogP contribution is 2.23. The Morgan fingerprint density at radius 3 is 2.00 bits per heavy atom. The van der Waals surface area contributed by atoms with Gasteiger partial charge in [0.1, 0.15) is 5.82 Å². The molecule has 2 aromatic rings. The van der Waals surface area contributed by atoms with Crippen molar-refractivity contribution in [3.05, 3.63) is 65.5 Å². The van der Waals surface area contributed by atoms with Gasteiger partial charge in [-0.25, -0.2) is 4.39 Å². The van der Waals surface area contributed by atoms with Gasteiger partial charge in [0.25, 0.3) is 0 Å².